The fraction of sp³-hybridized carbons (Fsp3) is 0.529. The van der Waals surface area contributed by atoms with Gasteiger partial charge in [-0.2, -0.15) is 4.99 Å². The van der Waals surface area contributed by atoms with Crippen LogP contribution in [0, 0.1) is 5.92 Å². The van der Waals surface area contributed by atoms with E-state index in [0.29, 0.717) is 5.17 Å². The molecule has 0 bridgehead atoms. The molecule has 1 amide bonds. The summed E-state index contributed by atoms with van der Waals surface area (Å²) in [6.45, 7) is 3.81. The van der Waals surface area contributed by atoms with Crippen molar-refractivity contribution in [3.8, 4) is 5.75 Å². The first kappa shape index (κ1) is 18.3. The average Bonchev–Trinajstić information content (AvgIpc) is 3.05. The molecule has 0 unspecified atom stereocenters. The minimum atomic E-state index is -3.06. The van der Waals surface area contributed by atoms with Crippen LogP contribution >= 0.6 is 11.8 Å². The lowest BCUT2D eigenvalue weighted by molar-refractivity contribution is -0.121. The summed E-state index contributed by atoms with van der Waals surface area (Å²) in [5.74, 6) is 0.639. The first-order chi connectivity index (χ1) is 11.8. The van der Waals surface area contributed by atoms with E-state index in [-0.39, 0.29) is 34.6 Å². The molecule has 0 saturated carbocycles. The van der Waals surface area contributed by atoms with Crippen molar-refractivity contribution in [3.05, 3.63) is 24.3 Å². The van der Waals surface area contributed by atoms with Crippen molar-refractivity contribution in [2.24, 2.45) is 10.9 Å². The number of benzene rings is 1. The van der Waals surface area contributed by atoms with Gasteiger partial charge in [-0.15, -0.1) is 0 Å². The van der Waals surface area contributed by atoms with Crippen molar-refractivity contribution in [3.63, 3.8) is 0 Å². The number of anilines is 1. The molecule has 0 aromatic heterocycles. The van der Waals surface area contributed by atoms with Gasteiger partial charge in [0.1, 0.15) is 5.75 Å². The summed E-state index contributed by atoms with van der Waals surface area (Å²) >= 11 is 1.40. The summed E-state index contributed by atoms with van der Waals surface area (Å²) in [6, 6.07) is 7.20. The number of fused-ring (bicyclic) bond motifs is 1. The molecule has 2 heterocycles. The van der Waals surface area contributed by atoms with Crippen LogP contribution in [-0.2, 0) is 14.6 Å². The molecule has 2 fully saturated rings. The maximum atomic E-state index is 12.3. The van der Waals surface area contributed by atoms with Gasteiger partial charge in [0.15, 0.2) is 15.0 Å². The number of carbonyl (C=O) groups excluding carboxylic acids is 1. The Kier molecular flexibility index (Phi) is 5.11. The number of carbonyl (C=O) groups is 1. The number of amidine groups is 1. The molecule has 2 saturated heterocycles. The first-order valence-corrected chi connectivity index (χ1v) is 11.0. The molecule has 25 heavy (non-hydrogen) atoms. The number of hydrogen-bond donors (Lipinski definition) is 0. The van der Waals surface area contributed by atoms with E-state index in [1.54, 1.807) is 7.11 Å². The zero-order valence-electron chi connectivity index (χ0n) is 14.5. The van der Waals surface area contributed by atoms with Crippen molar-refractivity contribution in [2.45, 2.75) is 31.6 Å². The van der Waals surface area contributed by atoms with E-state index in [4.69, 9.17) is 4.74 Å². The van der Waals surface area contributed by atoms with Crippen molar-refractivity contribution < 1.29 is 17.9 Å². The average molecular weight is 383 g/mol. The number of aliphatic imine (C=N–C) groups is 1. The standard InChI is InChI=1S/C17H22N2O4S2/c1-4-11(2)16(20)18-17-19(12-5-7-13(23-3)8-6-12)14-9-25(21,22)10-15(14)24-17/h5-8,11,14-15H,4,9-10H2,1-3H3/t11-,14+,15+/m0/s1. The molecule has 0 radical (unpaired) electrons. The first-order valence-electron chi connectivity index (χ1n) is 8.27. The number of hydrogen-bond acceptors (Lipinski definition) is 5. The summed E-state index contributed by atoms with van der Waals surface area (Å²) in [5, 5.41) is 0.510. The molecular weight excluding hydrogens is 360 g/mol. The highest BCUT2D eigenvalue weighted by Gasteiger charge is 2.49. The highest BCUT2D eigenvalue weighted by atomic mass is 32.2. The highest BCUT2D eigenvalue weighted by Crippen LogP contribution is 2.41. The molecule has 0 spiro atoms. The predicted molar refractivity (Wildman–Crippen MR) is 101 cm³/mol. The van der Waals surface area contributed by atoms with Crippen LogP contribution < -0.4 is 9.64 Å². The smallest absolute Gasteiger partial charge is 0.250 e. The van der Waals surface area contributed by atoms with Crippen LogP contribution in [-0.4, -0.2) is 49.4 Å². The fourth-order valence-corrected chi connectivity index (χ4v) is 6.91. The van der Waals surface area contributed by atoms with Crippen molar-refractivity contribution >= 4 is 38.4 Å². The Labute approximate surface area is 152 Å². The van der Waals surface area contributed by atoms with Gasteiger partial charge in [-0.05, 0) is 30.7 Å². The molecule has 1 aromatic carbocycles. The normalized spacial score (nSPS) is 27.3. The number of ether oxygens (including phenoxy) is 1. The second kappa shape index (κ2) is 6.99. The van der Waals surface area contributed by atoms with E-state index in [0.717, 1.165) is 17.9 Å². The molecule has 2 aliphatic rings. The lowest BCUT2D eigenvalue weighted by atomic mass is 10.1. The van der Waals surface area contributed by atoms with Gasteiger partial charge in [0.25, 0.3) is 5.91 Å². The quantitative estimate of drug-likeness (QED) is 0.796. The van der Waals surface area contributed by atoms with Gasteiger partial charge in [0.2, 0.25) is 0 Å². The Morgan fingerprint density at radius 2 is 2.04 bits per heavy atom. The van der Waals surface area contributed by atoms with Gasteiger partial charge in [-0.3, -0.25) is 4.79 Å². The molecule has 3 atom stereocenters. The zero-order chi connectivity index (χ0) is 18.2. The second-order valence-electron chi connectivity index (χ2n) is 6.41. The van der Waals surface area contributed by atoms with Crippen molar-refractivity contribution in [1.82, 2.24) is 0 Å². The molecular formula is C17H22N2O4S2. The summed E-state index contributed by atoms with van der Waals surface area (Å²) < 4.78 is 29.3. The Morgan fingerprint density at radius 3 is 2.64 bits per heavy atom. The van der Waals surface area contributed by atoms with E-state index in [2.05, 4.69) is 4.99 Å². The molecule has 2 aliphatic heterocycles. The Morgan fingerprint density at radius 1 is 1.36 bits per heavy atom. The summed E-state index contributed by atoms with van der Waals surface area (Å²) in [4.78, 5) is 18.5. The maximum Gasteiger partial charge on any atom is 0.250 e. The number of methoxy groups -OCH3 is 1. The zero-order valence-corrected chi connectivity index (χ0v) is 16.1. The molecule has 136 valence electrons. The van der Waals surface area contributed by atoms with Gasteiger partial charge < -0.3 is 9.64 Å². The molecule has 1 aromatic rings. The second-order valence-corrected chi connectivity index (χ2v) is 9.77. The van der Waals surface area contributed by atoms with Crippen LogP contribution in [0.15, 0.2) is 29.3 Å². The van der Waals surface area contributed by atoms with Crippen LogP contribution in [0.25, 0.3) is 0 Å². The number of nitrogens with zero attached hydrogens (tertiary/aromatic N) is 2. The summed E-state index contributed by atoms with van der Waals surface area (Å²) in [7, 11) is -1.46. The largest absolute Gasteiger partial charge is 0.497 e. The van der Waals surface area contributed by atoms with Crippen molar-refractivity contribution in [1.29, 1.82) is 0 Å². The van der Waals surface area contributed by atoms with Crippen LogP contribution in [0.1, 0.15) is 20.3 Å². The van der Waals surface area contributed by atoms with Gasteiger partial charge in [-0.25, -0.2) is 8.42 Å². The van der Waals surface area contributed by atoms with E-state index < -0.39 is 9.84 Å². The Balaban J connectivity index is 1.97. The monoisotopic (exact) mass is 382 g/mol. The topological polar surface area (TPSA) is 76.0 Å². The fourth-order valence-electron chi connectivity index (χ4n) is 2.99. The molecule has 0 N–H and O–H groups in total. The maximum absolute atomic E-state index is 12.3. The van der Waals surface area contributed by atoms with E-state index >= 15 is 0 Å². The van der Waals surface area contributed by atoms with Gasteiger partial charge in [0.05, 0.1) is 24.7 Å². The SMILES string of the molecule is CC[C@H](C)C(=O)N=C1S[C@@H]2CS(=O)(=O)C[C@H]2N1c1ccc(OC)cc1. The number of rotatable bonds is 4. The Bertz CT molecular complexity index is 789. The third kappa shape index (κ3) is 3.69. The number of amides is 1. The van der Waals surface area contributed by atoms with E-state index in [1.165, 1.54) is 11.8 Å². The predicted octanol–water partition coefficient (Wildman–Crippen LogP) is 2.34. The summed E-state index contributed by atoms with van der Waals surface area (Å²) in [6.07, 6.45) is 0.726. The third-order valence-electron chi connectivity index (χ3n) is 4.66. The van der Waals surface area contributed by atoms with Gasteiger partial charge in [0, 0.05) is 16.9 Å². The lowest BCUT2D eigenvalue weighted by Gasteiger charge is -2.24. The number of thioether (sulfide) groups is 1. The molecule has 0 aliphatic carbocycles. The van der Waals surface area contributed by atoms with Crippen LogP contribution in [0.3, 0.4) is 0 Å². The minimum Gasteiger partial charge on any atom is -0.497 e. The molecule has 6 nitrogen and oxygen atoms in total. The minimum absolute atomic E-state index is 0.0874. The van der Waals surface area contributed by atoms with Crippen LogP contribution in [0.2, 0.25) is 0 Å². The lowest BCUT2D eigenvalue weighted by Crippen LogP contribution is -2.37. The van der Waals surface area contributed by atoms with Gasteiger partial charge >= 0.3 is 0 Å². The molecule has 3 rings (SSSR count). The van der Waals surface area contributed by atoms with Crippen LogP contribution in [0.4, 0.5) is 5.69 Å². The summed E-state index contributed by atoms with van der Waals surface area (Å²) in [5.41, 5.74) is 0.827. The molecule has 8 heteroatoms. The van der Waals surface area contributed by atoms with Crippen LogP contribution in [0.5, 0.6) is 5.75 Å². The van der Waals surface area contributed by atoms with Crippen molar-refractivity contribution in [2.75, 3.05) is 23.5 Å². The number of sulfone groups is 1. The third-order valence-corrected chi connectivity index (χ3v) is 7.87. The van der Waals surface area contributed by atoms with E-state index in [9.17, 15) is 13.2 Å². The van der Waals surface area contributed by atoms with E-state index in [1.807, 2.05) is 43.0 Å². The Hall–Kier alpha value is -1.54. The van der Waals surface area contributed by atoms with Gasteiger partial charge in [-0.1, -0.05) is 25.6 Å². The highest BCUT2D eigenvalue weighted by molar-refractivity contribution is 8.16.